The van der Waals surface area contributed by atoms with Gasteiger partial charge in [0.05, 0.1) is 12.2 Å². The van der Waals surface area contributed by atoms with Crippen LogP contribution >= 0.6 is 23.5 Å². The number of hydrogen-bond acceptors (Lipinski definition) is 4. The van der Waals surface area contributed by atoms with Crippen molar-refractivity contribution in [2.45, 2.75) is 22.0 Å². The molecule has 3 heterocycles. The SMILES string of the molecule is OC1CSc2ccc1c1c2SCC1O. The molecule has 0 amide bonds. The summed E-state index contributed by atoms with van der Waals surface area (Å²) >= 11 is 3.38. The standard InChI is InChI=1S/C10H10O2S2/c11-6-3-13-8-2-1-5(6)9-7(12)4-14-10(8)9/h1-2,6-7,11-12H,3-4H2. The van der Waals surface area contributed by atoms with E-state index in [1.54, 1.807) is 23.5 Å². The molecular formula is C10H10O2S2. The van der Waals surface area contributed by atoms with Gasteiger partial charge in [0.15, 0.2) is 0 Å². The van der Waals surface area contributed by atoms with Crippen molar-refractivity contribution in [2.75, 3.05) is 11.5 Å². The van der Waals surface area contributed by atoms with Crippen LogP contribution in [0, 0.1) is 0 Å². The van der Waals surface area contributed by atoms with Gasteiger partial charge in [0, 0.05) is 26.9 Å². The molecule has 1 aromatic carbocycles. The van der Waals surface area contributed by atoms with Gasteiger partial charge in [-0.1, -0.05) is 6.07 Å². The summed E-state index contributed by atoms with van der Waals surface area (Å²) in [7, 11) is 0. The summed E-state index contributed by atoms with van der Waals surface area (Å²) in [6, 6.07) is 4.01. The van der Waals surface area contributed by atoms with Crippen LogP contribution in [0.1, 0.15) is 23.3 Å². The quantitative estimate of drug-likeness (QED) is 0.709. The minimum Gasteiger partial charge on any atom is -0.388 e. The number of benzene rings is 1. The molecule has 1 aromatic rings. The second-order valence-corrected chi connectivity index (χ2v) is 5.64. The van der Waals surface area contributed by atoms with Gasteiger partial charge in [-0.15, -0.1) is 23.5 Å². The van der Waals surface area contributed by atoms with Crippen molar-refractivity contribution in [1.29, 1.82) is 0 Å². The summed E-state index contributed by atoms with van der Waals surface area (Å²) < 4.78 is 0. The number of aliphatic hydroxyl groups excluding tert-OH is 2. The highest BCUT2D eigenvalue weighted by Gasteiger charge is 2.31. The fourth-order valence-electron chi connectivity index (χ4n) is 2.00. The van der Waals surface area contributed by atoms with Gasteiger partial charge in [-0.3, -0.25) is 0 Å². The van der Waals surface area contributed by atoms with Crippen LogP contribution in [-0.4, -0.2) is 21.7 Å². The Morgan fingerprint density at radius 3 is 2.71 bits per heavy atom. The van der Waals surface area contributed by atoms with Crippen molar-refractivity contribution in [3.8, 4) is 0 Å². The maximum atomic E-state index is 9.86. The average molecular weight is 226 g/mol. The number of thioether (sulfide) groups is 2. The van der Waals surface area contributed by atoms with Crippen LogP contribution in [0.2, 0.25) is 0 Å². The summed E-state index contributed by atoms with van der Waals surface area (Å²) in [5.74, 6) is 1.44. The highest BCUT2D eigenvalue weighted by Crippen LogP contribution is 2.49. The van der Waals surface area contributed by atoms with E-state index in [4.69, 9.17) is 0 Å². The van der Waals surface area contributed by atoms with E-state index in [0.717, 1.165) is 16.9 Å². The topological polar surface area (TPSA) is 40.5 Å². The Hall–Kier alpha value is -0.160. The smallest absolute Gasteiger partial charge is 0.0898 e. The third-order valence-electron chi connectivity index (χ3n) is 2.67. The van der Waals surface area contributed by atoms with Crippen LogP contribution in [0.15, 0.2) is 21.9 Å². The molecule has 3 aliphatic heterocycles. The first-order chi connectivity index (χ1) is 6.77. The lowest BCUT2D eigenvalue weighted by atomic mass is 10.00. The molecule has 0 saturated heterocycles. The summed E-state index contributed by atoms with van der Waals surface area (Å²) in [5.41, 5.74) is 1.90. The normalized spacial score (nSPS) is 29.0. The van der Waals surface area contributed by atoms with E-state index >= 15 is 0 Å². The number of fused-ring (bicyclic) bond motifs is 3. The Bertz CT molecular complexity index is 392. The second kappa shape index (κ2) is 3.17. The van der Waals surface area contributed by atoms with Gasteiger partial charge in [0.1, 0.15) is 0 Å². The van der Waals surface area contributed by atoms with Gasteiger partial charge in [-0.25, -0.2) is 0 Å². The van der Waals surface area contributed by atoms with E-state index in [0.29, 0.717) is 5.75 Å². The molecule has 2 N–H and O–H groups in total. The van der Waals surface area contributed by atoms with Crippen LogP contribution in [-0.2, 0) is 0 Å². The van der Waals surface area contributed by atoms with E-state index < -0.39 is 12.2 Å². The highest BCUT2D eigenvalue weighted by atomic mass is 32.2. The number of aliphatic hydroxyl groups is 2. The molecule has 0 radical (unpaired) electrons. The predicted octanol–water partition coefficient (Wildman–Crippen LogP) is 1.96. The number of rotatable bonds is 0. The molecular weight excluding hydrogens is 216 g/mol. The molecule has 74 valence electrons. The molecule has 4 heteroatoms. The van der Waals surface area contributed by atoms with Crippen LogP contribution in [0.5, 0.6) is 0 Å². The Kier molecular flexibility index (Phi) is 2.06. The van der Waals surface area contributed by atoms with Crippen LogP contribution in [0.4, 0.5) is 0 Å². The Balaban J connectivity index is 2.27. The third kappa shape index (κ3) is 1.15. The molecule has 2 bridgehead atoms. The van der Waals surface area contributed by atoms with Crippen LogP contribution < -0.4 is 0 Å². The van der Waals surface area contributed by atoms with E-state index in [9.17, 15) is 10.2 Å². The molecule has 2 atom stereocenters. The van der Waals surface area contributed by atoms with Crippen molar-refractivity contribution < 1.29 is 10.2 Å². The highest BCUT2D eigenvalue weighted by molar-refractivity contribution is 8.02. The minimum absolute atomic E-state index is 0.390. The third-order valence-corrected chi connectivity index (χ3v) is 5.14. The van der Waals surface area contributed by atoms with Crippen molar-refractivity contribution in [1.82, 2.24) is 0 Å². The van der Waals surface area contributed by atoms with Crippen LogP contribution in [0.3, 0.4) is 0 Å². The fourth-order valence-corrected chi connectivity index (χ4v) is 4.38. The lowest BCUT2D eigenvalue weighted by molar-refractivity contribution is 0.181. The molecule has 4 rings (SSSR count). The monoisotopic (exact) mass is 226 g/mol. The largest absolute Gasteiger partial charge is 0.388 e. The molecule has 0 aliphatic carbocycles. The zero-order valence-electron chi connectivity index (χ0n) is 7.43. The lowest BCUT2D eigenvalue weighted by Gasteiger charge is -2.11. The lowest BCUT2D eigenvalue weighted by Crippen LogP contribution is -2.04. The Morgan fingerprint density at radius 2 is 1.86 bits per heavy atom. The molecule has 3 aliphatic rings. The summed E-state index contributed by atoms with van der Waals surface area (Å²) in [4.78, 5) is 2.40. The summed E-state index contributed by atoms with van der Waals surface area (Å²) in [5, 5.41) is 19.7. The molecule has 2 unspecified atom stereocenters. The fraction of sp³-hybridized carbons (Fsp3) is 0.400. The summed E-state index contributed by atoms with van der Waals surface area (Å²) in [6.45, 7) is 0. The Labute approximate surface area is 90.7 Å². The van der Waals surface area contributed by atoms with Crippen LogP contribution in [0.25, 0.3) is 0 Å². The molecule has 14 heavy (non-hydrogen) atoms. The van der Waals surface area contributed by atoms with Gasteiger partial charge >= 0.3 is 0 Å². The Morgan fingerprint density at radius 1 is 1.07 bits per heavy atom. The minimum atomic E-state index is -0.422. The zero-order chi connectivity index (χ0) is 9.71. The van der Waals surface area contributed by atoms with Crippen molar-refractivity contribution in [2.24, 2.45) is 0 Å². The van der Waals surface area contributed by atoms with Crippen molar-refractivity contribution >= 4 is 23.5 Å². The molecule has 0 saturated carbocycles. The summed E-state index contributed by atoms with van der Waals surface area (Å²) in [6.07, 6.45) is -0.812. The molecule has 2 nitrogen and oxygen atoms in total. The average Bonchev–Trinajstić information content (AvgIpc) is 2.41. The van der Waals surface area contributed by atoms with Gasteiger partial charge in [-0.05, 0) is 11.6 Å². The van der Waals surface area contributed by atoms with Crippen molar-refractivity contribution in [3.63, 3.8) is 0 Å². The first-order valence-electron chi connectivity index (χ1n) is 4.56. The van der Waals surface area contributed by atoms with E-state index in [1.807, 2.05) is 6.07 Å². The first kappa shape index (κ1) is 9.09. The molecule has 0 spiro atoms. The first-order valence-corrected chi connectivity index (χ1v) is 6.53. The van der Waals surface area contributed by atoms with E-state index in [-0.39, 0.29) is 0 Å². The maximum Gasteiger partial charge on any atom is 0.0898 e. The van der Waals surface area contributed by atoms with E-state index in [1.165, 1.54) is 9.79 Å². The second-order valence-electron chi connectivity index (χ2n) is 3.55. The van der Waals surface area contributed by atoms with Gasteiger partial charge < -0.3 is 10.2 Å². The molecule has 0 aromatic heterocycles. The van der Waals surface area contributed by atoms with E-state index in [2.05, 4.69) is 6.07 Å². The van der Waals surface area contributed by atoms with Crippen molar-refractivity contribution in [3.05, 3.63) is 23.3 Å². The van der Waals surface area contributed by atoms with Gasteiger partial charge in [0.25, 0.3) is 0 Å². The predicted molar refractivity (Wildman–Crippen MR) is 57.8 cm³/mol. The van der Waals surface area contributed by atoms with Gasteiger partial charge in [-0.2, -0.15) is 0 Å². The maximum absolute atomic E-state index is 9.86. The van der Waals surface area contributed by atoms with Gasteiger partial charge in [0.2, 0.25) is 0 Å². The zero-order valence-corrected chi connectivity index (χ0v) is 9.07. The number of hydrogen-bond donors (Lipinski definition) is 2. The molecule has 0 fully saturated rings.